The van der Waals surface area contributed by atoms with Gasteiger partial charge in [0, 0.05) is 4.47 Å². The van der Waals surface area contributed by atoms with Gasteiger partial charge < -0.3 is 5.11 Å². The Kier molecular flexibility index (Phi) is 4.35. The fourth-order valence-corrected chi connectivity index (χ4v) is 2.60. The van der Waals surface area contributed by atoms with Crippen molar-refractivity contribution < 1.29 is 9.50 Å². The van der Waals surface area contributed by atoms with E-state index in [9.17, 15) is 9.50 Å². The summed E-state index contributed by atoms with van der Waals surface area (Å²) in [6.45, 7) is 0. The molecule has 0 aliphatic heterocycles. The second kappa shape index (κ2) is 5.78. The molecule has 0 saturated heterocycles. The fraction of sp³-hybridized carbons (Fsp3) is 0.429. The molecule has 1 aromatic rings. The molecule has 0 fully saturated rings. The van der Waals surface area contributed by atoms with Crippen LogP contribution < -0.4 is 0 Å². The van der Waals surface area contributed by atoms with Crippen LogP contribution in [0.5, 0.6) is 0 Å². The minimum absolute atomic E-state index is 0.210. The Morgan fingerprint density at radius 2 is 2.18 bits per heavy atom. The van der Waals surface area contributed by atoms with Crippen molar-refractivity contribution in [3.05, 3.63) is 45.7 Å². The van der Waals surface area contributed by atoms with E-state index in [1.807, 2.05) is 6.08 Å². The Labute approximate surface area is 109 Å². The van der Waals surface area contributed by atoms with Crippen LogP contribution >= 0.6 is 15.9 Å². The van der Waals surface area contributed by atoms with Crippen molar-refractivity contribution in [3.63, 3.8) is 0 Å². The van der Waals surface area contributed by atoms with Crippen molar-refractivity contribution in [2.24, 2.45) is 0 Å². The van der Waals surface area contributed by atoms with Gasteiger partial charge in [0.2, 0.25) is 0 Å². The van der Waals surface area contributed by atoms with Crippen LogP contribution in [0.4, 0.5) is 4.39 Å². The molecule has 0 bridgehead atoms. The highest BCUT2D eigenvalue weighted by atomic mass is 79.9. The first kappa shape index (κ1) is 12.8. The molecular weight excluding hydrogens is 283 g/mol. The highest BCUT2D eigenvalue weighted by molar-refractivity contribution is 9.10. The number of aliphatic hydroxyl groups excluding tert-OH is 1. The van der Waals surface area contributed by atoms with E-state index in [1.165, 1.54) is 11.6 Å². The summed E-state index contributed by atoms with van der Waals surface area (Å²) in [6.07, 6.45) is 6.33. The maximum atomic E-state index is 13.2. The third kappa shape index (κ3) is 3.65. The van der Waals surface area contributed by atoms with Gasteiger partial charge in [0.25, 0.3) is 0 Å². The molecule has 0 heterocycles. The quantitative estimate of drug-likeness (QED) is 0.819. The summed E-state index contributed by atoms with van der Waals surface area (Å²) in [6, 6.07) is 4.74. The third-order valence-corrected chi connectivity index (χ3v) is 3.87. The summed E-state index contributed by atoms with van der Waals surface area (Å²) in [5, 5.41) is 9.70. The normalized spacial score (nSPS) is 20.9. The molecule has 1 aromatic carbocycles. The van der Waals surface area contributed by atoms with E-state index in [1.54, 1.807) is 12.1 Å². The zero-order valence-electron chi connectivity index (χ0n) is 9.63. The van der Waals surface area contributed by atoms with E-state index < -0.39 is 0 Å². The fourth-order valence-electron chi connectivity index (χ4n) is 2.22. The van der Waals surface area contributed by atoms with Crippen molar-refractivity contribution in [1.29, 1.82) is 0 Å². The zero-order valence-corrected chi connectivity index (χ0v) is 11.2. The lowest BCUT2D eigenvalue weighted by Crippen LogP contribution is -2.01. The molecular formula is C14H16BrFO. The Bertz CT molecular complexity index is 428. The molecule has 92 valence electrons. The van der Waals surface area contributed by atoms with Crippen molar-refractivity contribution >= 4 is 15.9 Å². The van der Waals surface area contributed by atoms with Gasteiger partial charge in [-0.2, -0.15) is 0 Å². The Morgan fingerprint density at radius 1 is 1.35 bits per heavy atom. The summed E-state index contributed by atoms with van der Waals surface area (Å²) >= 11 is 3.44. The van der Waals surface area contributed by atoms with E-state index in [0.29, 0.717) is 0 Å². The summed E-state index contributed by atoms with van der Waals surface area (Å²) in [7, 11) is 0. The van der Waals surface area contributed by atoms with E-state index in [4.69, 9.17) is 0 Å². The van der Waals surface area contributed by atoms with Crippen molar-refractivity contribution in [2.45, 2.75) is 38.2 Å². The largest absolute Gasteiger partial charge is 0.389 e. The molecule has 2 rings (SSSR count). The Balaban J connectivity index is 2.16. The standard InChI is InChI=1S/C14H16BrFO/c15-14-6-5-12(16)9-11(14)7-10-3-1-2-4-13(17)8-10/h5-6,8-9,13,17H,1-4,7H2. The molecule has 0 aromatic heterocycles. The molecule has 17 heavy (non-hydrogen) atoms. The monoisotopic (exact) mass is 298 g/mol. The Hall–Kier alpha value is -0.670. The topological polar surface area (TPSA) is 20.2 Å². The second-order valence-electron chi connectivity index (χ2n) is 4.55. The first-order chi connectivity index (χ1) is 8.15. The van der Waals surface area contributed by atoms with Gasteiger partial charge >= 0.3 is 0 Å². The van der Waals surface area contributed by atoms with Crippen molar-refractivity contribution in [2.75, 3.05) is 0 Å². The number of hydrogen-bond donors (Lipinski definition) is 1. The number of allylic oxidation sites excluding steroid dienone is 1. The van der Waals surface area contributed by atoms with Crippen LogP contribution in [0.1, 0.15) is 31.2 Å². The molecule has 0 radical (unpaired) electrons. The van der Waals surface area contributed by atoms with Gasteiger partial charge in [0.1, 0.15) is 5.82 Å². The summed E-state index contributed by atoms with van der Waals surface area (Å²) in [4.78, 5) is 0. The number of benzene rings is 1. The van der Waals surface area contributed by atoms with E-state index in [0.717, 1.165) is 42.1 Å². The molecule has 1 nitrogen and oxygen atoms in total. The lowest BCUT2D eigenvalue weighted by Gasteiger charge is -2.08. The lowest BCUT2D eigenvalue weighted by atomic mass is 10.0. The first-order valence-corrected chi connectivity index (χ1v) is 6.76. The highest BCUT2D eigenvalue weighted by Crippen LogP contribution is 2.25. The molecule has 1 aliphatic carbocycles. The van der Waals surface area contributed by atoms with Crippen LogP contribution in [-0.2, 0) is 6.42 Å². The number of halogens is 2. The van der Waals surface area contributed by atoms with Crippen LogP contribution in [0.3, 0.4) is 0 Å². The molecule has 1 N–H and O–H groups in total. The first-order valence-electron chi connectivity index (χ1n) is 5.97. The van der Waals surface area contributed by atoms with E-state index in [-0.39, 0.29) is 11.9 Å². The number of aliphatic hydroxyl groups is 1. The van der Waals surface area contributed by atoms with Crippen LogP contribution in [0.2, 0.25) is 0 Å². The van der Waals surface area contributed by atoms with Gasteiger partial charge in [-0.15, -0.1) is 0 Å². The molecule has 0 amide bonds. The second-order valence-corrected chi connectivity index (χ2v) is 5.40. The Morgan fingerprint density at radius 3 is 3.00 bits per heavy atom. The average molecular weight is 299 g/mol. The molecule has 3 heteroatoms. The molecule has 0 spiro atoms. The highest BCUT2D eigenvalue weighted by Gasteiger charge is 2.11. The van der Waals surface area contributed by atoms with Gasteiger partial charge in [0.05, 0.1) is 6.10 Å². The third-order valence-electron chi connectivity index (χ3n) is 3.10. The average Bonchev–Trinajstić information content (AvgIpc) is 2.48. The predicted octanol–water partition coefficient (Wildman–Crippen LogP) is 3.99. The van der Waals surface area contributed by atoms with Gasteiger partial charge in [-0.1, -0.05) is 34.0 Å². The van der Waals surface area contributed by atoms with Crippen LogP contribution in [0.15, 0.2) is 34.3 Å². The molecule has 1 atom stereocenters. The van der Waals surface area contributed by atoms with Crippen LogP contribution in [0.25, 0.3) is 0 Å². The molecule has 0 saturated carbocycles. The van der Waals surface area contributed by atoms with Crippen LogP contribution in [-0.4, -0.2) is 11.2 Å². The summed E-state index contributed by atoms with van der Waals surface area (Å²) in [5.74, 6) is -0.210. The maximum absolute atomic E-state index is 13.2. The molecule has 1 aliphatic rings. The van der Waals surface area contributed by atoms with Gasteiger partial charge in [-0.3, -0.25) is 0 Å². The predicted molar refractivity (Wildman–Crippen MR) is 70.4 cm³/mol. The number of hydrogen-bond acceptors (Lipinski definition) is 1. The van der Waals surface area contributed by atoms with E-state index in [2.05, 4.69) is 15.9 Å². The number of rotatable bonds is 2. The lowest BCUT2D eigenvalue weighted by molar-refractivity contribution is 0.211. The molecule has 1 unspecified atom stereocenters. The van der Waals surface area contributed by atoms with Gasteiger partial charge in [0.15, 0.2) is 0 Å². The van der Waals surface area contributed by atoms with Crippen molar-refractivity contribution in [3.8, 4) is 0 Å². The maximum Gasteiger partial charge on any atom is 0.123 e. The summed E-state index contributed by atoms with van der Waals surface area (Å²) < 4.78 is 14.1. The van der Waals surface area contributed by atoms with Crippen molar-refractivity contribution in [1.82, 2.24) is 0 Å². The SMILES string of the molecule is OC1C=C(Cc2cc(F)ccc2Br)CCCC1. The van der Waals surface area contributed by atoms with Gasteiger partial charge in [-0.25, -0.2) is 4.39 Å². The zero-order chi connectivity index (χ0) is 12.3. The van der Waals surface area contributed by atoms with Crippen LogP contribution in [0, 0.1) is 5.82 Å². The summed E-state index contributed by atoms with van der Waals surface area (Å²) in [5.41, 5.74) is 2.16. The smallest absolute Gasteiger partial charge is 0.123 e. The van der Waals surface area contributed by atoms with E-state index >= 15 is 0 Å². The van der Waals surface area contributed by atoms with Gasteiger partial charge in [-0.05, 0) is 49.4 Å². The minimum atomic E-state index is -0.333. The minimum Gasteiger partial charge on any atom is -0.389 e.